The lowest BCUT2D eigenvalue weighted by Gasteiger charge is -2.49. The summed E-state index contributed by atoms with van der Waals surface area (Å²) in [5.74, 6) is -0.635. The van der Waals surface area contributed by atoms with Gasteiger partial charge in [0.05, 0.1) is 76.4 Å². The van der Waals surface area contributed by atoms with Gasteiger partial charge in [-0.25, -0.2) is 8.37 Å². The van der Waals surface area contributed by atoms with E-state index in [0.717, 1.165) is 39.0 Å². The molecule has 0 spiro atoms. The van der Waals surface area contributed by atoms with Crippen LogP contribution < -0.4 is 5.32 Å². The zero-order valence-electron chi connectivity index (χ0n) is 32.2. The summed E-state index contributed by atoms with van der Waals surface area (Å²) in [7, 11) is -10.1. The van der Waals surface area contributed by atoms with Gasteiger partial charge in [-0.05, 0) is 13.3 Å². The molecule has 2 rings (SSSR count). The zero-order chi connectivity index (χ0) is 43.0. The van der Waals surface area contributed by atoms with Crippen LogP contribution in [-0.4, -0.2) is 195 Å². The summed E-state index contributed by atoms with van der Waals surface area (Å²) in [5.41, 5.74) is -3.75. The molecule has 1 amide bonds. The molecule has 338 valence electrons. The highest BCUT2D eigenvalue weighted by molar-refractivity contribution is 7.81. The molecule has 0 radical (unpaired) electrons. The molecule has 2 fully saturated rings. The number of hydrogen-bond donors (Lipinski definition) is 10. The fourth-order valence-corrected chi connectivity index (χ4v) is 6.70. The third kappa shape index (κ3) is 16.9. The minimum atomic E-state index is -5.08. The Kier molecular flexibility index (Phi) is 22.0. The van der Waals surface area contributed by atoms with E-state index in [4.69, 9.17) is 33.0 Å². The number of aliphatic hydroxyl groups excluding tert-OH is 7. The van der Waals surface area contributed by atoms with E-state index in [1.807, 2.05) is 0 Å². The van der Waals surface area contributed by atoms with Crippen LogP contribution in [0.25, 0.3) is 0 Å². The molecule has 2 aliphatic rings. The molecule has 2 saturated heterocycles. The SMILES string of the molecule is CCCCCCCCO[C@H]1O[C@H](COCC(CO)(CO)COS(=O)(=O)O)[C@@H](OCC(CO)(CO)COS(=O)(=O)O)[C@H](O[C@@H]2O[C@@H](C)[C@@H](O)[C@@H](O)[C@@H]2O)[C@H]1NC(C)=O. The lowest BCUT2D eigenvalue weighted by atomic mass is 9.91. The van der Waals surface area contributed by atoms with Gasteiger partial charge < -0.3 is 69.5 Å². The van der Waals surface area contributed by atoms with Crippen LogP contribution in [0.5, 0.6) is 0 Å². The van der Waals surface area contributed by atoms with Crippen LogP contribution in [0.3, 0.4) is 0 Å². The molecule has 0 unspecified atom stereocenters. The second-order valence-corrected chi connectivity index (χ2v) is 16.7. The first-order valence-electron chi connectivity index (χ1n) is 18.5. The van der Waals surface area contributed by atoms with Gasteiger partial charge in [0.1, 0.15) is 42.7 Å². The quantitative estimate of drug-likeness (QED) is 0.0273. The van der Waals surface area contributed by atoms with Crippen LogP contribution in [0.2, 0.25) is 0 Å². The van der Waals surface area contributed by atoms with Gasteiger partial charge >= 0.3 is 20.8 Å². The number of hydrogen-bond acceptors (Lipinski definition) is 20. The maximum Gasteiger partial charge on any atom is 0.397 e. The average Bonchev–Trinajstić information content (AvgIpc) is 3.15. The fourth-order valence-electron chi connectivity index (χ4n) is 5.91. The number of nitrogens with one attached hydrogen (secondary N) is 1. The average molecular weight is 876 g/mol. The second kappa shape index (κ2) is 24.2. The molecule has 0 aromatic carbocycles. The van der Waals surface area contributed by atoms with Gasteiger partial charge in [-0.15, -0.1) is 0 Å². The number of aliphatic hydroxyl groups is 7. The normalized spacial score (nSPS) is 29.1. The van der Waals surface area contributed by atoms with E-state index in [-0.39, 0.29) is 6.61 Å². The van der Waals surface area contributed by atoms with Gasteiger partial charge in [0.25, 0.3) is 0 Å². The summed E-state index contributed by atoms with van der Waals surface area (Å²) >= 11 is 0. The Labute approximate surface area is 332 Å². The van der Waals surface area contributed by atoms with Gasteiger partial charge in [-0.2, -0.15) is 16.8 Å². The van der Waals surface area contributed by atoms with E-state index in [1.54, 1.807) is 0 Å². The molecule has 0 bridgehead atoms. The van der Waals surface area contributed by atoms with E-state index in [0.29, 0.717) is 6.42 Å². The van der Waals surface area contributed by atoms with E-state index in [1.165, 1.54) is 6.92 Å². The van der Waals surface area contributed by atoms with Crippen molar-refractivity contribution in [3.63, 3.8) is 0 Å². The second-order valence-electron chi connectivity index (χ2n) is 14.5. The maximum absolute atomic E-state index is 12.7. The first kappa shape index (κ1) is 51.8. The number of unbranched alkanes of at least 4 members (excludes halogenated alkanes) is 5. The van der Waals surface area contributed by atoms with Crippen LogP contribution in [-0.2, 0) is 62.4 Å². The molecule has 10 atom stereocenters. The Hall–Kier alpha value is -1.31. The molecule has 23 nitrogen and oxygen atoms in total. The van der Waals surface area contributed by atoms with Crippen molar-refractivity contribution >= 4 is 26.7 Å². The molecule has 2 aliphatic heterocycles. The lowest BCUT2D eigenvalue weighted by molar-refractivity contribution is -0.347. The first-order valence-corrected chi connectivity index (χ1v) is 21.2. The Bertz CT molecular complexity index is 1380. The zero-order valence-corrected chi connectivity index (χ0v) is 33.9. The number of carbonyl (C=O) groups is 1. The first-order chi connectivity index (χ1) is 26.7. The summed E-state index contributed by atoms with van der Waals surface area (Å²) < 4.78 is 109. The highest BCUT2D eigenvalue weighted by Gasteiger charge is 2.53. The monoisotopic (exact) mass is 875 g/mol. The van der Waals surface area contributed by atoms with E-state index >= 15 is 0 Å². The van der Waals surface area contributed by atoms with Crippen molar-refractivity contribution in [1.82, 2.24) is 5.32 Å². The Morgan fingerprint density at radius 3 is 1.77 bits per heavy atom. The Balaban J connectivity index is 2.62. The predicted octanol–water partition coefficient (Wildman–Crippen LogP) is -3.21. The number of carbonyl (C=O) groups excluding carboxylic acids is 1. The van der Waals surface area contributed by atoms with Gasteiger partial charge in [0, 0.05) is 13.5 Å². The highest BCUT2D eigenvalue weighted by atomic mass is 32.3. The van der Waals surface area contributed by atoms with Gasteiger partial charge in [-0.1, -0.05) is 39.0 Å². The van der Waals surface area contributed by atoms with Gasteiger partial charge in [0.15, 0.2) is 12.6 Å². The lowest BCUT2D eigenvalue weighted by Crippen LogP contribution is -2.68. The van der Waals surface area contributed by atoms with Crippen LogP contribution in [0.1, 0.15) is 59.3 Å². The number of amides is 1. The smallest absolute Gasteiger partial charge is 0.396 e. The summed E-state index contributed by atoms with van der Waals surface area (Å²) in [6.07, 6.45) is -8.58. The van der Waals surface area contributed by atoms with Gasteiger partial charge in [0.2, 0.25) is 5.91 Å². The third-order valence-corrected chi connectivity index (χ3v) is 10.4. The Morgan fingerprint density at radius 1 is 0.702 bits per heavy atom. The Morgan fingerprint density at radius 2 is 1.25 bits per heavy atom. The molecule has 0 aliphatic carbocycles. The standard InChI is InChI=1S/C32H61NO22S2/c1-4-5-6-7-8-9-10-49-29-23(33-21(3)38)28(55-30-26(41)25(40)24(39)20(2)53-30)27(50-17-32(14-36,15-37)19-52-57(45,46)47)22(54-29)11-48-16-31(12-34,13-35)18-51-56(42,43)44/h20,22-30,34-37,39-41H,4-19H2,1-3H3,(H,33,38)(H,42,43,44)(H,45,46,47)/t20-,22+,23+,24+,25+,26-,27+,28+,29-,30-/m0/s1. The molecule has 10 N–H and O–H groups in total. The minimum Gasteiger partial charge on any atom is -0.396 e. The van der Waals surface area contributed by atoms with Crippen molar-refractivity contribution in [1.29, 1.82) is 0 Å². The van der Waals surface area contributed by atoms with Crippen molar-refractivity contribution in [3.8, 4) is 0 Å². The molecule has 0 saturated carbocycles. The number of ether oxygens (including phenoxy) is 6. The van der Waals surface area contributed by atoms with Crippen molar-refractivity contribution in [2.24, 2.45) is 10.8 Å². The van der Waals surface area contributed by atoms with Crippen molar-refractivity contribution in [3.05, 3.63) is 0 Å². The topological polar surface area (TPSA) is 353 Å². The molecule has 0 aromatic heterocycles. The molecule has 25 heteroatoms. The van der Waals surface area contributed by atoms with Gasteiger partial charge in [-0.3, -0.25) is 13.9 Å². The maximum atomic E-state index is 12.7. The number of rotatable bonds is 28. The summed E-state index contributed by atoms with van der Waals surface area (Å²) in [6, 6.07) is -1.33. The van der Waals surface area contributed by atoms with Crippen molar-refractivity contribution in [2.45, 2.75) is 121 Å². The molecule has 0 aromatic rings. The minimum absolute atomic E-state index is 0.0966. The van der Waals surface area contributed by atoms with Crippen LogP contribution >= 0.6 is 0 Å². The van der Waals surface area contributed by atoms with Crippen molar-refractivity contribution < 1.29 is 103 Å². The molecular weight excluding hydrogens is 814 g/mol. The van der Waals surface area contributed by atoms with Crippen molar-refractivity contribution in [2.75, 3.05) is 66.1 Å². The highest BCUT2D eigenvalue weighted by Crippen LogP contribution is 2.33. The largest absolute Gasteiger partial charge is 0.397 e. The van der Waals surface area contributed by atoms with Crippen LogP contribution in [0.15, 0.2) is 0 Å². The predicted molar refractivity (Wildman–Crippen MR) is 192 cm³/mol. The van der Waals surface area contributed by atoms with E-state index < -0.39 is 158 Å². The fraction of sp³-hybridized carbons (Fsp3) is 0.969. The third-order valence-electron chi connectivity index (χ3n) is 9.54. The van der Waals surface area contributed by atoms with E-state index in [2.05, 4.69) is 20.6 Å². The molecular formula is C32H61NO22S2. The van der Waals surface area contributed by atoms with E-state index in [9.17, 15) is 61.9 Å². The summed E-state index contributed by atoms with van der Waals surface area (Å²) in [4.78, 5) is 12.7. The molecule has 57 heavy (non-hydrogen) atoms. The molecule has 2 heterocycles. The van der Waals surface area contributed by atoms with Crippen LogP contribution in [0.4, 0.5) is 0 Å². The summed E-state index contributed by atoms with van der Waals surface area (Å²) in [6.45, 7) is -2.99. The van der Waals surface area contributed by atoms with Crippen LogP contribution in [0, 0.1) is 10.8 Å². The summed E-state index contributed by atoms with van der Waals surface area (Å²) in [5, 5.41) is 75.0.